The lowest BCUT2D eigenvalue weighted by molar-refractivity contribution is 1.07. The number of nitrogens with zero attached hydrogens (tertiary/aromatic N) is 3. The SMILES string of the molecule is Cc1ccc2cc(-c3nc(C)c(C)c(Cl)n3)ccc2n1. The molecule has 0 fully saturated rings. The average Bonchev–Trinajstić information content (AvgIpc) is 2.43. The van der Waals surface area contributed by atoms with Crippen molar-refractivity contribution in [2.24, 2.45) is 0 Å². The first kappa shape index (κ1) is 13.0. The molecule has 0 N–H and O–H groups in total. The molecule has 0 radical (unpaired) electrons. The van der Waals surface area contributed by atoms with Gasteiger partial charge in [0.25, 0.3) is 0 Å². The van der Waals surface area contributed by atoms with E-state index in [4.69, 9.17) is 11.6 Å². The van der Waals surface area contributed by atoms with Crippen molar-refractivity contribution in [3.8, 4) is 11.4 Å². The van der Waals surface area contributed by atoms with Crippen LogP contribution in [-0.4, -0.2) is 15.0 Å². The molecule has 3 nitrogen and oxygen atoms in total. The van der Waals surface area contributed by atoms with Crippen LogP contribution >= 0.6 is 11.6 Å². The third-order valence-electron chi connectivity index (χ3n) is 3.42. The predicted octanol–water partition coefficient (Wildman–Crippen LogP) is 4.27. The smallest absolute Gasteiger partial charge is 0.161 e. The van der Waals surface area contributed by atoms with Gasteiger partial charge < -0.3 is 0 Å². The molecule has 0 spiro atoms. The van der Waals surface area contributed by atoms with Crippen molar-refractivity contribution in [2.75, 3.05) is 0 Å². The van der Waals surface area contributed by atoms with Gasteiger partial charge >= 0.3 is 0 Å². The minimum absolute atomic E-state index is 0.509. The fourth-order valence-corrected chi connectivity index (χ4v) is 2.31. The van der Waals surface area contributed by atoms with Crippen LogP contribution in [0.3, 0.4) is 0 Å². The molecule has 0 unspecified atom stereocenters. The van der Waals surface area contributed by atoms with Crippen molar-refractivity contribution in [3.05, 3.63) is 52.4 Å². The second-order valence-corrected chi connectivity index (χ2v) is 5.27. The van der Waals surface area contributed by atoms with Crippen LogP contribution in [0, 0.1) is 20.8 Å². The number of benzene rings is 1. The van der Waals surface area contributed by atoms with Crippen LogP contribution in [0.4, 0.5) is 0 Å². The summed E-state index contributed by atoms with van der Waals surface area (Å²) >= 11 is 6.14. The molecule has 0 saturated heterocycles. The van der Waals surface area contributed by atoms with E-state index in [1.807, 2.05) is 45.0 Å². The van der Waals surface area contributed by atoms with E-state index in [0.717, 1.165) is 33.4 Å². The number of fused-ring (bicyclic) bond motifs is 1. The summed E-state index contributed by atoms with van der Waals surface area (Å²) < 4.78 is 0. The molecule has 0 saturated carbocycles. The Morgan fingerprint density at radius 3 is 2.45 bits per heavy atom. The minimum atomic E-state index is 0.509. The highest BCUT2D eigenvalue weighted by atomic mass is 35.5. The van der Waals surface area contributed by atoms with Gasteiger partial charge in [0.2, 0.25) is 0 Å². The van der Waals surface area contributed by atoms with E-state index >= 15 is 0 Å². The Labute approximate surface area is 122 Å². The first-order chi connectivity index (χ1) is 9.54. The monoisotopic (exact) mass is 283 g/mol. The first-order valence-electron chi connectivity index (χ1n) is 6.43. The molecular formula is C16H14ClN3. The number of halogens is 1. The summed E-state index contributed by atoms with van der Waals surface area (Å²) in [7, 11) is 0. The Hall–Kier alpha value is -2.00. The molecule has 4 heteroatoms. The highest BCUT2D eigenvalue weighted by molar-refractivity contribution is 6.30. The van der Waals surface area contributed by atoms with Crippen LogP contribution in [0.5, 0.6) is 0 Å². The molecule has 100 valence electrons. The minimum Gasteiger partial charge on any atom is -0.253 e. The van der Waals surface area contributed by atoms with Gasteiger partial charge in [-0.05, 0) is 45.0 Å². The highest BCUT2D eigenvalue weighted by Crippen LogP contribution is 2.24. The van der Waals surface area contributed by atoms with E-state index in [1.54, 1.807) is 0 Å². The summed E-state index contributed by atoms with van der Waals surface area (Å²) in [4.78, 5) is 13.4. The molecule has 3 aromatic rings. The van der Waals surface area contributed by atoms with Crippen LogP contribution < -0.4 is 0 Å². The maximum Gasteiger partial charge on any atom is 0.161 e. The average molecular weight is 284 g/mol. The van der Waals surface area contributed by atoms with Crippen molar-refractivity contribution in [2.45, 2.75) is 20.8 Å². The van der Waals surface area contributed by atoms with Gasteiger partial charge in [0.1, 0.15) is 5.15 Å². The van der Waals surface area contributed by atoms with E-state index in [-0.39, 0.29) is 0 Å². The van der Waals surface area contributed by atoms with Crippen LogP contribution in [0.2, 0.25) is 5.15 Å². The number of hydrogen-bond donors (Lipinski definition) is 0. The topological polar surface area (TPSA) is 38.7 Å². The number of aromatic nitrogens is 3. The molecule has 0 bridgehead atoms. The third kappa shape index (κ3) is 2.25. The Morgan fingerprint density at radius 2 is 1.70 bits per heavy atom. The number of rotatable bonds is 1. The van der Waals surface area contributed by atoms with Crippen LogP contribution in [0.25, 0.3) is 22.3 Å². The molecular weight excluding hydrogens is 270 g/mol. The zero-order valence-corrected chi connectivity index (χ0v) is 12.4. The van der Waals surface area contributed by atoms with Crippen molar-refractivity contribution >= 4 is 22.5 Å². The van der Waals surface area contributed by atoms with Gasteiger partial charge in [-0.2, -0.15) is 0 Å². The number of aryl methyl sites for hydroxylation is 2. The number of hydrogen-bond acceptors (Lipinski definition) is 3. The summed E-state index contributed by atoms with van der Waals surface area (Å²) in [5.41, 5.74) is 4.77. The van der Waals surface area contributed by atoms with Gasteiger partial charge in [-0.3, -0.25) is 4.98 Å². The van der Waals surface area contributed by atoms with Gasteiger partial charge in [-0.15, -0.1) is 0 Å². The quantitative estimate of drug-likeness (QED) is 0.626. The zero-order valence-electron chi connectivity index (χ0n) is 11.6. The lowest BCUT2D eigenvalue weighted by Crippen LogP contribution is -1.96. The summed E-state index contributed by atoms with van der Waals surface area (Å²) in [5, 5.41) is 1.58. The van der Waals surface area contributed by atoms with Crippen molar-refractivity contribution < 1.29 is 0 Å². The van der Waals surface area contributed by atoms with Crippen molar-refractivity contribution in [3.63, 3.8) is 0 Å². The van der Waals surface area contributed by atoms with Gasteiger partial charge in [0, 0.05) is 27.9 Å². The maximum atomic E-state index is 6.14. The molecule has 20 heavy (non-hydrogen) atoms. The van der Waals surface area contributed by atoms with Crippen molar-refractivity contribution in [1.29, 1.82) is 0 Å². The van der Waals surface area contributed by atoms with E-state index in [1.165, 1.54) is 0 Å². The van der Waals surface area contributed by atoms with E-state index in [9.17, 15) is 0 Å². The van der Waals surface area contributed by atoms with E-state index in [0.29, 0.717) is 11.0 Å². The largest absolute Gasteiger partial charge is 0.253 e. The second kappa shape index (κ2) is 4.84. The summed E-state index contributed by atoms with van der Waals surface area (Å²) in [6.45, 7) is 5.85. The Balaban J connectivity index is 2.17. The summed E-state index contributed by atoms with van der Waals surface area (Å²) in [6.07, 6.45) is 0. The Bertz CT molecular complexity index is 789. The first-order valence-corrected chi connectivity index (χ1v) is 6.81. The van der Waals surface area contributed by atoms with Gasteiger partial charge in [0.15, 0.2) is 5.82 Å². The molecule has 0 amide bonds. The second-order valence-electron chi connectivity index (χ2n) is 4.91. The Morgan fingerprint density at radius 1 is 0.900 bits per heavy atom. The molecule has 2 aromatic heterocycles. The fraction of sp³-hybridized carbons (Fsp3) is 0.188. The zero-order chi connectivity index (χ0) is 14.3. The van der Waals surface area contributed by atoms with E-state index in [2.05, 4.69) is 21.0 Å². The molecule has 2 heterocycles. The Kier molecular flexibility index (Phi) is 3.14. The fourth-order valence-electron chi connectivity index (χ4n) is 2.09. The van der Waals surface area contributed by atoms with Gasteiger partial charge in [0.05, 0.1) is 5.52 Å². The van der Waals surface area contributed by atoms with Crippen LogP contribution in [-0.2, 0) is 0 Å². The predicted molar refractivity (Wildman–Crippen MR) is 82.0 cm³/mol. The lowest BCUT2D eigenvalue weighted by Gasteiger charge is -2.07. The molecule has 0 aliphatic carbocycles. The summed E-state index contributed by atoms with van der Waals surface area (Å²) in [5.74, 6) is 0.653. The van der Waals surface area contributed by atoms with Gasteiger partial charge in [-0.25, -0.2) is 9.97 Å². The van der Waals surface area contributed by atoms with Gasteiger partial charge in [-0.1, -0.05) is 17.7 Å². The molecule has 0 atom stereocenters. The van der Waals surface area contributed by atoms with Crippen molar-refractivity contribution in [1.82, 2.24) is 15.0 Å². The maximum absolute atomic E-state index is 6.14. The molecule has 1 aromatic carbocycles. The standard InChI is InChI=1S/C16H14ClN3/c1-9-4-5-12-8-13(6-7-14(12)18-9)16-19-11(3)10(2)15(17)20-16/h4-8H,1-3H3. The molecule has 3 rings (SSSR count). The normalized spacial score (nSPS) is 11.0. The number of pyridine rings is 1. The molecule has 0 aliphatic heterocycles. The lowest BCUT2D eigenvalue weighted by atomic mass is 10.1. The van der Waals surface area contributed by atoms with Crippen LogP contribution in [0.1, 0.15) is 17.0 Å². The highest BCUT2D eigenvalue weighted by Gasteiger charge is 2.09. The third-order valence-corrected chi connectivity index (χ3v) is 3.78. The van der Waals surface area contributed by atoms with Crippen LogP contribution in [0.15, 0.2) is 30.3 Å². The van der Waals surface area contributed by atoms with E-state index < -0.39 is 0 Å². The summed E-state index contributed by atoms with van der Waals surface area (Å²) in [6, 6.07) is 10.1. The molecule has 0 aliphatic rings.